The molecule has 0 bridgehead atoms. The molecule has 3 rings (SSSR count). The Hall–Kier alpha value is -0.840. The van der Waals surface area contributed by atoms with Crippen molar-refractivity contribution in [3.8, 4) is 0 Å². The van der Waals surface area contributed by atoms with E-state index in [-0.39, 0.29) is 0 Å². The Labute approximate surface area is 127 Å². The van der Waals surface area contributed by atoms with E-state index < -0.39 is 0 Å². The topological polar surface area (TPSA) is 37.6 Å². The van der Waals surface area contributed by atoms with Crippen molar-refractivity contribution in [1.29, 1.82) is 0 Å². The molecule has 0 amide bonds. The quantitative estimate of drug-likeness (QED) is 0.874. The second kappa shape index (κ2) is 6.51. The smallest absolute Gasteiger partial charge is 0.117 e. The second-order valence-electron chi connectivity index (χ2n) is 6.68. The summed E-state index contributed by atoms with van der Waals surface area (Å²) >= 11 is 0. The van der Waals surface area contributed by atoms with Crippen LogP contribution in [0.2, 0.25) is 0 Å². The van der Waals surface area contributed by atoms with E-state index in [1.54, 1.807) is 0 Å². The van der Waals surface area contributed by atoms with Gasteiger partial charge in [0.2, 0.25) is 0 Å². The van der Waals surface area contributed by atoms with Gasteiger partial charge < -0.3 is 14.5 Å². The van der Waals surface area contributed by atoms with Gasteiger partial charge in [-0.05, 0) is 38.3 Å². The van der Waals surface area contributed by atoms with Gasteiger partial charge in [0.05, 0.1) is 19.8 Å². The van der Waals surface area contributed by atoms with E-state index in [1.807, 2.05) is 0 Å². The van der Waals surface area contributed by atoms with Crippen molar-refractivity contribution < 1.29 is 9.15 Å². The molecule has 1 aliphatic carbocycles. The molecule has 0 aromatic carbocycles. The lowest BCUT2D eigenvalue weighted by atomic mass is 10.1. The lowest BCUT2D eigenvalue weighted by Crippen LogP contribution is -2.50. The molecule has 1 N–H and O–H groups in total. The SMILES string of the molecule is CC1CC1c1ccc(CNC(C)C(C)N2CCOCC2)o1. The largest absolute Gasteiger partial charge is 0.464 e. The Morgan fingerprint density at radius 3 is 2.67 bits per heavy atom. The van der Waals surface area contributed by atoms with E-state index in [1.165, 1.54) is 12.2 Å². The summed E-state index contributed by atoms with van der Waals surface area (Å²) in [5, 5.41) is 3.60. The third-order valence-electron chi connectivity index (χ3n) is 5.10. The van der Waals surface area contributed by atoms with Crippen molar-refractivity contribution in [2.24, 2.45) is 5.92 Å². The number of hydrogen-bond acceptors (Lipinski definition) is 4. The number of nitrogens with zero attached hydrogens (tertiary/aromatic N) is 1. The van der Waals surface area contributed by atoms with Crippen molar-refractivity contribution in [3.05, 3.63) is 23.7 Å². The first-order valence-corrected chi connectivity index (χ1v) is 8.29. The molecule has 4 nitrogen and oxygen atoms in total. The number of ether oxygens (including phenoxy) is 1. The van der Waals surface area contributed by atoms with Crippen molar-refractivity contribution in [3.63, 3.8) is 0 Å². The van der Waals surface area contributed by atoms with Crippen LogP contribution in [-0.2, 0) is 11.3 Å². The highest BCUT2D eigenvalue weighted by Gasteiger charge is 2.36. The van der Waals surface area contributed by atoms with Crippen molar-refractivity contribution >= 4 is 0 Å². The summed E-state index contributed by atoms with van der Waals surface area (Å²) in [5.74, 6) is 3.71. The molecular weight excluding hydrogens is 264 g/mol. The number of furan rings is 1. The molecule has 118 valence electrons. The highest BCUT2D eigenvalue weighted by molar-refractivity contribution is 5.17. The fourth-order valence-electron chi connectivity index (χ4n) is 3.14. The number of nitrogens with one attached hydrogen (secondary N) is 1. The zero-order valence-corrected chi connectivity index (χ0v) is 13.5. The minimum Gasteiger partial charge on any atom is -0.464 e. The van der Waals surface area contributed by atoms with Crippen LogP contribution < -0.4 is 5.32 Å². The van der Waals surface area contributed by atoms with Gasteiger partial charge >= 0.3 is 0 Å². The first kappa shape index (κ1) is 15.1. The van der Waals surface area contributed by atoms with E-state index >= 15 is 0 Å². The Balaban J connectivity index is 1.46. The highest BCUT2D eigenvalue weighted by atomic mass is 16.5. The van der Waals surface area contributed by atoms with Gasteiger partial charge in [-0.25, -0.2) is 0 Å². The van der Waals surface area contributed by atoms with Crippen LogP contribution in [0.3, 0.4) is 0 Å². The van der Waals surface area contributed by atoms with Crippen LogP contribution >= 0.6 is 0 Å². The summed E-state index contributed by atoms with van der Waals surface area (Å²) in [5.41, 5.74) is 0. The molecule has 1 saturated heterocycles. The lowest BCUT2D eigenvalue weighted by molar-refractivity contribution is 0.0134. The molecular formula is C17H28N2O2. The predicted octanol–water partition coefficient (Wildman–Crippen LogP) is 2.60. The Morgan fingerprint density at radius 2 is 2.00 bits per heavy atom. The van der Waals surface area contributed by atoms with Crippen LogP contribution in [0.4, 0.5) is 0 Å². The Morgan fingerprint density at radius 1 is 1.29 bits per heavy atom. The first-order chi connectivity index (χ1) is 10.1. The molecule has 21 heavy (non-hydrogen) atoms. The van der Waals surface area contributed by atoms with Gasteiger partial charge in [0.1, 0.15) is 11.5 Å². The number of hydrogen-bond donors (Lipinski definition) is 1. The lowest BCUT2D eigenvalue weighted by Gasteiger charge is -2.35. The van der Waals surface area contributed by atoms with Gasteiger partial charge in [-0.3, -0.25) is 4.90 Å². The maximum atomic E-state index is 5.96. The molecule has 1 aromatic heterocycles. The molecule has 0 spiro atoms. The molecule has 1 aliphatic heterocycles. The van der Waals surface area contributed by atoms with E-state index in [0.29, 0.717) is 18.0 Å². The minimum absolute atomic E-state index is 0.441. The maximum absolute atomic E-state index is 5.96. The molecule has 0 radical (unpaired) electrons. The van der Waals surface area contributed by atoms with E-state index in [2.05, 4.69) is 43.1 Å². The van der Waals surface area contributed by atoms with E-state index in [9.17, 15) is 0 Å². The van der Waals surface area contributed by atoms with Crippen LogP contribution in [-0.4, -0.2) is 43.3 Å². The zero-order chi connectivity index (χ0) is 14.8. The third kappa shape index (κ3) is 3.68. The molecule has 4 atom stereocenters. The molecule has 4 unspecified atom stereocenters. The van der Waals surface area contributed by atoms with Gasteiger partial charge in [-0.1, -0.05) is 6.92 Å². The molecule has 2 aliphatic rings. The zero-order valence-electron chi connectivity index (χ0n) is 13.5. The van der Waals surface area contributed by atoms with Gasteiger partial charge in [0.15, 0.2) is 0 Å². The molecule has 4 heteroatoms. The summed E-state index contributed by atoms with van der Waals surface area (Å²) in [7, 11) is 0. The van der Waals surface area contributed by atoms with Gasteiger partial charge in [0.25, 0.3) is 0 Å². The molecule has 2 fully saturated rings. The third-order valence-corrected chi connectivity index (χ3v) is 5.10. The van der Waals surface area contributed by atoms with Crippen LogP contribution in [0.25, 0.3) is 0 Å². The monoisotopic (exact) mass is 292 g/mol. The molecule has 1 saturated carbocycles. The summed E-state index contributed by atoms with van der Waals surface area (Å²) < 4.78 is 11.4. The summed E-state index contributed by atoms with van der Waals surface area (Å²) in [6.07, 6.45) is 1.28. The maximum Gasteiger partial charge on any atom is 0.117 e. The van der Waals surface area contributed by atoms with Crippen molar-refractivity contribution in [1.82, 2.24) is 10.2 Å². The van der Waals surface area contributed by atoms with Crippen LogP contribution in [0.1, 0.15) is 44.6 Å². The van der Waals surface area contributed by atoms with Crippen molar-refractivity contribution in [2.45, 2.75) is 51.7 Å². The minimum atomic E-state index is 0.441. The fraction of sp³-hybridized carbons (Fsp3) is 0.765. The standard InChI is InChI=1S/C17H28N2O2/c1-12-10-16(12)17-5-4-15(21-17)11-18-13(2)14(3)19-6-8-20-9-7-19/h4-5,12-14,16,18H,6-11H2,1-3H3. The summed E-state index contributed by atoms with van der Waals surface area (Å²) in [6.45, 7) is 11.5. The van der Waals surface area contributed by atoms with Gasteiger partial charge in [-0.2, -0.15) is 0 Å². The second-order valence-corrected chi connectivity index (χ2v) is 6.68. The Bertz CT molecular complexity index is 453. The molecule has 2 heterocycles. The van der Waals surface area contributed by atoms with Gasteiger partial charge in [0, 0.05) is 31.1 Å². The normalized spacial score (nSPS) is 29.3. The van der Waals surface area contributed by atoms with Gasteiger partial charge in [-0.15, -0.1) is 0 Å². The highest BCUT2D eigenvalue weighted by Crippen LogP contribution is 2.47. The van der Waals surface area contributed by atoms with Crippen LogP contribution in [0.15, 0.2) is 16.5 Å². The predicted molar refractivity (Wildman–Crippen MR) is 83.4 cm³/mol. The number of morpholine rings is 1. The first-order valence-electron chi connectivity index (χ1n) is 8.29. The number of rotatable bonds is 6. The molecule has 1 aromatic rings. The summed E-state index contributed by atoms with van der Waals surface area (Å²) in [4.78, 5) is 2.50. The average molecular weight is 292 g/mol. The van der Waals surface area contributed by atoms with E-state index in [0.717, 1.165) is 44.5 Å². The Kier molecular flexibility index (Phi) is 4.67. The van der Waals surface area contributed by atoms with E-state index in [4.69, 9.17) is 9.15 Å². The van der Waals surface area contributed by atoms with Crippen molar-refractivity contribution in [2.75, 3.05) is 26.3 Å². The summed E-state index contributed by atoms with van der Waals surface area (Å²) in [6, 6.07) is 5.24. The fourth-order valence-corrected chi connectivity index (χ4v) is 3.14. The van der Waals surface area contributed by atoms with Crippen LogP contribution in [0.5, 0.6) is 0 Å². The average Bonchev–Trinajstić information content (AvgIpc) is 3.06. The van der Waals surface area contributed by atoms with Crippen LogP contribution in [0, 0.1) is 5.92 Å².